The Bertz CT molecular complexity index is 540. The van der Waals surface area contributed by atoms with Crippen molar-refractivity contribution in [2.75, 3.05) is 6.54 Å². The molecule has 3 unspecified atom stereocenters. The highest BCUT2D eigenvalue weighted by Gasteiger charge is 2.34. The van der Waals surface area contributed by atoms with Gasteiger partial charge in [-0.15, -0.1) is 12.4 Å². The van der Waals surface area contributed by atoms with Crippen molar-refractivity contribution in [2.45, 2.75) is 64.1 Å². The lowest BCUT2D eigenvalue weighted by Crippen LogP contribution is -2.40. The molecule has 134 valence electrons. The van der Waals surface area contributed by atoms with Gasteiger partial charge in [0.1, 0.15) is 11.9 Å². The first-order valence-electron chi connectivity index (χ1n) is 8.85. The topological polar surface area (TPSA) is 50.4 Å². The summed E-state index contributed by atoms with van der Waals surface area (Å²) < 4.78 is 5.90. The number of hydrogen-bond acceptors (Lipinski definition) is 3. The van der Waals surface area contributed by atoms with Crippen LogP contribution in [0.2, 0.25) is 0 Å². The fourth-order valence-corrected chi connectivity index (χ4v) is 3.88. The van der Waals surface area contributed by atoms with Crippen LogP contribution in [0.5, 0.6) is 5.75 Å². The van der Waals surface area contributed by atoms with E-state index in [4.69, 9.17) is 4.74 Å². The average Bonchev–Trinajstić information content (AvgIpc) is 2.86. The van der Waals surface area contributed by atoms with Crippen LogP contribution in [0.25, 0.3) is 0 Å². The Labute approximate surface area is 151 Å². The van der Waals surface area contributed by atoms with E-state index in [1.54, 1.807) is 0 Å². The fraction of sp³-hybridized carbons (Fsp3) is 0.632. The molecule has 0 aromatic heterocycles. The third kappa shape index (κ3) is 5.12. The van der Waals surface area contributed by atoms with Gasteiger partial charge in [-0.25, -0.2) is 0 Å². The van der Waals surface area contributed by atoms with Gasteiger partial charge in [0.25, 0.3) is 0 Å². The van der Waals surface area contributed by atoms with Crippen molar-refractivity contribution >= 4 is 18.3 Å². The smallest absolute Gasteiger partial charge is 0.220 e. The number of nitrogens with one attached hydrogen (secondary N) is 2. The first kappa shape index (κ1) is 19.1. The number of rotatable bonds is 6. The number of carbonyl (C=O) groups excluding carboxylic acids is 1. The number of benzene rings is 1. The Hall–Kier alpha value is -1.26. The van der Waals surface area contributed by atoms with Gasteiger partial charge in [0, 0.05) is 18.5 Å². The SMILES string of the molecule is Cc1ccccc1OC(C)CNC(=O)CC1CC2CCC(C1)N2.Cl. The van der Waals surface area contributed by atoms with Gasteiger partial charge in [-0.2, -0.15) is 0 Å². The molecule has 4 nitrogen and oxygen atoms in total. The fourth-order valence-electron chi connectivity index (χ4n) is 3.88. The van der Waals surface area contributed by atoms with Gasteiger partial charge in [-0.05, 0) is 57.1 Å². The van der Waals surface area contributed by atoms with E-state index in [1.807, 2.05) is 38.1 Å². The van der Waals surface area contributed by atoms with Crippen molar-refractivity contribution in [3.05, 3.63) is 29.8 Å². The van der Waals surface area contributed by atoms with Crippen molar-refractivity contribution in [3.63, 3.8) is 0 Å². The zero-order valence-electron chi connectivity index (χ0n) is 14.6. The molecular weight excluding hydrogens is 324 g/mol. The van der Waals surface area contributed by atoms with E-state index >= 15 is 0 Å². The molecule has 2 heterocycles. The van der Waals surface area contributed by atoms with E-state index in [1.165, 1.54) is 12.8 Å². The lowest BCUT2D eigenvalue weighted by atomic mass is 9.89. The molecule has 2 fully saturated rings. The zero-order chi connectivity index (χ0) is 16.2. The molecule has 0 aliphatic carbocycles. The number of para-hydroxylation sites is 1. The van der Waals surface area contributed by atoms with Crippen LogP contribution in [0, 0.1) is 12.8 Å². The number of amides is 1. The Balaban J connectivity index is 0.00000208. The van der Waals surface area contributed by atoms with Gasteiger partial charge < -0.3 is 15.4 Å². The highest BCUT2D eigenvalue weighted by molar-refractivity contribution is 5.85. The average molecular weight is 353 g/mol. The third-order valence-corrected chi connectivity index (χ3v) is 5.05. The van der Waals surface area contributed by atoms with E-state index in [0.29, 0.717) is 31.0 Å². The van der Waals surface area contributed by atoms with E-state index < -0.39 is 0 Å². The van der Waals surface area contributed by atoms with Crippen LogP contribution in [0.3, 0.4) is 0 Å². The van der Waals surface area contributed by atoms with Crippen LogP contribution in [0.15, 0.2) is 24.3 Å². The third-order valence-electron chi connectivity index (χ3n) is 5.05. The minimum Gasteiger partial charge on any atom is -0.489 e. The quantitative estimate of drug-likeness (QED) is 0.826. The molecule has 5 heteroatoms. The molecular formula is C19H29ClN2O2. The minimum absolute atomic E-state index is 0. The van der Waals surface area contributed by atoms with Gasteiger partial charge in [0.2, 0.25) is 5.91 Å². The summed E-state index contributed by atoms with van der Waals surface area (Å²) in [5.41, 5.74) is 1.12. The number of fused-ring (bicyclic) bond motifs is 2. The van der Waals surface area contributed by atoms with Crippen LogP contribution in [0.4, 0.5) is 0 Å². The summed E-state index contributed by atoms with van der Waals surface area (Å²) >= 11 is 0. The van der Waals surface area contributed by atoms with Gasteiger partial charge >= 0.3 is 0 Å². The standard InChI is InChI=1S/C19H28N2O2.ClH/c1-13-5-3-4-6-18(13)23-14(2)12-20-19(22)11-15-9-16-7-8-17(10-15)21-16;/h3-6,14-17,21H,7-12H2,1-2H3,(H,20,22);1H. The first-order chi connectivity index (χ1) is 11.1. The maximum atomic E-state index is 12.2. The van der Waals surface area contributed by atoms with Crippen LogP contribution in [-0.2, 0) is 4.79 Å². The minimum atomic E-state index is -0.0238. The summed E-state index contributed by atoms with van der Waals surface area (Å²) in [5.74, 6) is 1.60. The second-order valence-corrected chi connectivity index (χ2v) is 7.18. The Morgan fingerprint density at radius 2 is 1.96 bits per heavy atom. The van der Waals surface area contributed by atoms with Crippen molar-refractivity contribution in [2.24, 2.45) is 5.92 Å². The number of piperidine rings is 1. The molecule has 2 N–H and O–H groups in total. The monoisotopic (exact) mass is 352 g/mol. The highest BCUT2D eigenvalue weighted by atomic mass is 35.5. The molecule has 2 saturated heterocycles. The highest BCUT2D eigenvalue weighted by Crippen LogP contribution is 2.32. The molecule has 1 amide bonds. The van der Waals surface area contributed by atoms with Crippen molar-refractivity contribution < 1.29 is 9.53 Å². The molecule has 3 atom stereocenters. The summed E-state index contributed by atoms with van der Waals surface area (Å²) in [4.78, 5) is 12.2. The summed E-state index contributed by atoms with van der Waals surface area (Å²) in [6, 6.07) is 9.27. The number of carbonyl (C=O) groups is 1. The second kappa shape index (κ2) is 8.72. The van der Waals surface area contributed by atoms with Crippen LogP contribution < -0.4 is 15.4 Å². The predicted molar refractivity (Wildman–Crippen MR) is 98.8 cm³/mol. The largest absolute Gasteiger partial charge is 0.489 e. The van der Waals surface area contributed by atoms with Crippen LogP contribution in [0.1, 0.15) is 44.6 Å². The first-order valence-corrected chi connectivity index (χ1v) is 8.85. The maximum Gasteiger partial charge on any atom is 0.220 e. The molecule has 24 heavy (non-hydrogen) atoms. The summed E-state index contributed by atoms with van der Waals surface area (Å²) in [6.45, 7) is 4.59. The number of hydrogen-bond donors (Lipinski definition) is 2. The van der Waals surface area contributed by atoms with Crippen LogP contribution in [-0.4, -0.2) is 30.6 Å². The summed E-state index contributed by atoms with van der Waals surface area (Å²) in [7, 11) is 0. The van der Waals surface area contributed by atoms with Crippen molar-refractivity contribution in [1.29, 1.82) is 0 Å². The Morgan fingerprint density at radius 3 is 2.62 bits per heavy atom. The van der Waals surface area contributed by atoms with E-state index in [2.05, 4.69) is 10.6 Å². The number of ether oxygens (including phenoxy) is 1. The predicted octanol–water partition coefficient (Wildman–Crippen LogP) is 3.22. The number of aryl methyl sites for hydroxylation is 1. The van der Waals surface area contributed by atoms with Gasteiger partial charge in [0.15, 0.2) is 0 Å². The Kier molecular flexibility index (Phi) is 6.93. The van der Waals surface area contributed by atoms with Gasteiger partial charge in [-0.3, -0.25) is 4.79 Å². The lowest BCUT2D eigenvalue weighted by molar-refractivity contribution is -0.122. The second-order valence-electron chi connectivity index (χ2n) is 7.18. The van der Waals surface area contributed by atoms with Crippen LogP contribution >= 0.6 is 12.4 Å². The molecule has 0 saturated carbocycles. The molecule has 1 aromatic carbocycles. The molecule has 1 aromatic rings. The van der Waals surface area contributed by atoms with E-state index in [9.17, 15) is 4.79 Å². The lowest BCUT2D eigenvalue weighted by Gasteiger charge is -2.28. The zero-order valence-corrected chi connectivity index (χ0v) is 15.4. The van der Waals surface area contributed by atoms with Gasteiger partial charge in [-0.1, -0.05) is 18.2 Å². The molecule has 2 aliphatic heterocycles. The molecule has 0 radical (unpaired) electrons. The molecule has 2 aliphatic rings. The van der Waals surface area contributed by atoms with Gasteiger partial charge in [0.05, 0.1) is 6.54 Å². The maximum absolute atomic E-state index is 12.2. The molecule has 2 bridgehead atoms. The van der Waals surface area contributed by atoms with Crippen molar-refractivity contribution in [3.8, 4) is 5.75 Å². The van der Waals surface area contributed by atoms with Crippen molar-refractivity contribution in [1.82, 2.24) is 10.6 Å². The molecule has 0 spiro atoms. The Morgan fingerprint density at radius 1 is 1.29 bits per heavy atom. The summed E-state index contributed by atoms with van der Waals surface area (Å²) in [6.07, 6.45) is 5.50. The van der Waals surface area contributed by atoms with E-state index in [-0.39, 0.29) is 24.4 Å². The van der Waals surface area contributed by atoms with E-state index in [0.717, 1.165) is 24.2 Å². The molecule has 3 rings (SSSR count). The number of halogens is 1. The summed E-state index contributed by atoms with van der Waals surface area (Å²) in [5, 5.41) is 6.66. The normalized spacial score (nSPS) is 26.3.